The highest BCUT2D eigenvalue weighted by Gasteiger charge is 2.24. The number of hydrogen-bond donors (Lipinski definition) is 1. The Morgan fingerprint density at radius 3 is 2.63 bits per heavy atom. The second-order valence-electron chi connectivity index (χ2n) is 7.33. The van der Waals surface area contributed by atoms with Gasteiger partial charge in [0.2, 0.25) is 11.7 Å². The second-order valence-corrected chi connectivity index (χ2v) is 9.84. The smallest absolute Gasteiger partial charge is 0.239 e. The zero-order chi connectivity index (χ0) is 21.4. The topological polar surface area (TPSA) is 85.8 Å². The molecule has 1 unspecified atom stereocenters. The molecule has 0 radical (unpaired) electrons. The van der Waals surface area contributed by atoms with Gasteiger partial charge in [-0.1, -0.05) is 30.0 Å². The van der Waals surface area contributed by atoms with Crippen molar-refractivity contribution in [1.29, 1.82) is 0 Å². The third-order valence-electron chi connectivity index (χ3n) is 4.74. The monoisotopic (exact) mass is 441 g/mol. The van der Waals surface area contributed by atoms with Gasteiger partial charge in [-0.2, -0.15) is 0 Å². The van der Waals surface area contributed by atoms with Crippen LogP contribution in [0, 0.1) is 13.8 Å². The number of carbonyl (C=O) groups excluding carboxylic acids is 1. The fourth-order valence-corrected chi connectivity index (χ4v) is 4.83. The highest BCUT2D eigenvalue weighted by Crippen LogP contribution is 2.33. The summed E-state index contributed by atoms with van der Waals surface area (Å²) in [7, 11) is 0. The SMILES string of the molecule is Cc1nc(NC(=O)C(C)Sc2nnc(-c3cc4ccccc4o3)n2C(C)C)sc1C. The molecule has 4 rings (SSSR count). The zero-order valence-electron chi connectivity index (χ0n) is 17.5. The molecule has 3 aromatic heterocycles. The predicted molar refractivity (Wildman–Crippen MR) is 121 cm³/mol. The quantitative estimate of drug-likeness (QED) is 0.400. The van der Waals surface area contributed by atoms with Gasteiger partial charge in [-0.25, -0.2) is 4.98 Å². The number of furan rings is 1. The number of aromatic nitrogens is 4. The van der Waals surface area contributed by atoms with E-state index in [1.807, 2.05) is 55.7 Å². The molecule has 0 spiro atoms. The van der Waals surface area contributed by atoms with E-state index < -0.39 is 0 Å². The Hall–Kier alpha value is -2.65. The molecule has 0 aliphatic heterocycles. The fourth-order valence-electron chi connectivity index (χ4n) is 3.03. The van der Waals surface area contributed by atoms with Crippen molar-refractivity contribution in [2.75, 3.05) is 5.32 Å². The number of anilines is 1. The van der Waals surface area contributed by atoms with Gasteiger partial charge in [0, 0.05) is 16.3 Å². The van der Waals surface area contributed by atoms with E-state index in [4.69, 9.17) is 4.42 Å². The van der Waals surface area contributed by atoms with Gasteiger partial charge in [0.25, 0.3) is 0 Å². The summed E-state index contributed by atoms with van der Waals surface area (Å²) >= 11 is 2.85. The molecule has 0 fully saturated rings. The summed E-state index contributed by atoms with van der Waals surface area (Å²) in [5, 5.41) is 13.6. The van der Waals surface area contributed by atoms with Crippen LogP contribution in [0.3, 0.4) is 0 Å². The van der Waals surface area contributed by atoms with Crippen LogP contribution in [0.5, 0.6) is 0 Å². The lowest BCUT2D eigenvalue weighted by Crippen LogP contribution is -2.23. The van der Waals surface area contributed by atoms with Crippen LogP contribution < -0.4 is 5.32 Å². The van der Waals surface area contributed by atoms with Gasteiger partial charge in [-0.15, -0.1) is 21.5 Å². The molecule has 9 heteroatoms. The molecule has 0 saturated heterocycles. The summed E-state index contributed by atoms with van der Waals surface area (Å²) in [6.07, 6.45) is 0. The zero-order valence-corrected chi connectivity index (χ0v) is 19.1. The number of thiazole rings is 1. The highest BCUT2D eigenvalue weighted by molar-refractivity contribution is 8.00. The highest BCUT2D eigenvalue weighted by atomic mass is 32.2. The number of rotatable bonds is 6. The van der Waals surface area contributed by atoms with E-state index in [0.717, 1.165) is 21.5 Å². The Balaban J connectivity index is 1.57. The number of nitrogens with one attached hydrogen (secondary N) is 1. The minimum Gasteiger partial charge on any atom is -0.453 e. The van der Waals surface area contributed by atoms with E-state index in [-0.39, 0.29) is 17.2 Å². The molecule has 156 valence electrons. The number of aryl methyl sites for hydroxylation is 2. The van der Waals surface area contributed by atoms with Gasteiger partial charge in [-0.3, -0.25) is 9.36 Å². The van der Waals surface area contributed by atoms with Crippen molar-refractivity contribution in [3.05, 3.63) is 40.9 Å². The first kappa shape index (κ1) is 20.6. The first-order valence-corrected chi connectivity index (χ1v) is 11.4. The molecule has 1 amide bonds. The molecule has 1 aromatic carbocycles. The van der Waals surface area contributed by atoms with Gasteiger partial charge in [0.15, 0.2) is 16.0 Å². The average Bonchev–Trinajstić information content (AvgIpc) is 3.38. The molecular formula is C21H23N5O2S2. The van der Waals surface area contributed by atoms with Gasteiger partial charge < -0.3 is 9.73 Å². The Morgan fingerprint density at radius 1 is 1.20 bits per heavy atom. The van der Waals surface area contributed by atoms with Crippen molar-refractivity contribution in [2.24, 2.45) is 0 Å². The van der Waals surface area contributed by atoms with Crippen LogP contribution >= 0.6 is 23.1 Å². The van der Waals surface area contributed by atoms with Crippen molar-refractivity contribution >= 4 is 45.1 Å². The van der Waals surface area contributed by atoms with Crippen molar-refractivity contribution in [3.63, 3.8) is 0 Å². The number of hydrogen-bond acceptors (Lipinski definition) is 7. The van der Waals surface area contributed by atoms with Crippen molar-refractivity contribution in [1.82, 2.24) is 19.7 Å². The van der Waals surface area contributed by atoms with Crippen LogP contribution in [0.1, 0.15) is 37.4 Å². The molecule has 0 bridgehead atoms. The lowest BCUT2D eigenvalue weighted by atomic mass is 10.2. The Bertz CT molecular complexity index is 1150. The molecule has 4 aromatic rings. The van der Waals surface area contributed by atoms with E-state index in [9.17, 15) is 4.79 Å². The van der Waals surface area contributed by atoms with E-state index in [2.05, 4.69) is 34.3 Å². The number of fused-ring (bicyclic) bond motifs is 1. The maximum Gasteiger partial charge on any atom is 0.239 e. The van der Waals surface area contributed by atoms with Crippen molar-refractivity contribution in [3.8, 4) is 11.6 Å². The van der Waals surface area contributed by atoms with Gasteiger partial charge in [0.1, 0.15) is 5.58 Å². The molecule has 0 aliphatic rings. The van der Waals surface area contributed by atoms with Crippen LogP contribution in [-0.2, 0) is 4.79 Å². The van der Waals surface area contributed by atoms with Crippen LogP contribution in [-0.4, -0.2) is 30.9 Å². The lowest BCUT2D eigenvalue weighted by Gasteiger charge is -2.15. The van der Waals surface area contributed by atoms with E-state index in [0.29, 0.717) is 21.9 Å². The van der Waals surface area contributed by atoms with Gasteiger partial charge in [-0.05, 0) is 46.8 Å². The van der Waals surface area contributed by atoms with Gasteiger partial charge in [0.05, 0.1) is 10.9 Å². The minimum absolute atomic E-state index is 0.102. The summed E-state index contributed by atoms with van der Waals surface area (Å²) in [6.45, 7) is 9.90. The molecule has 1 atom stereocenters. The largest absolute Gasteiger partial charge is 0.453 e. The van der Waals surface area contributed by atoms with Crippen LogP contribution in [0.15, 0.2) is 39.9 Å². The molecule has 30 heavy (non-hydrogen) atoms. The Kier molecular flexibility index (Phi) is 5.66. The van der Waals surface area contributed by atoms with Crippen molar-refractivity contribution in [2.45, 2.75) is 51.1 Å². The Morgan fingerprint density at radius 2 is 1.97 bits per heavy atom. The first-order chi connectivity index (χ1) is 14.3. The van der Waals surface area contributed by atoms with Crippen LogP contribution in [0.2, 0.25) is 0 Å². The van der Waals surface area contributed by atoms with Gasteiger partial charge >= 0.3 is 0 Å². The summed E-state index contributed by atoms with van der Waals surface area (Å²) in [6, 6.07) is 9.92. The second kappa shape index (κ2) is 8.23. The number of thioether (sulfide) groups is 1. The first-order valence-electron chi connectivity index (χ1n) is 9.69. The minimum atomic E-state index is -0.361. The third kappa shape index (κ3) is 3.99. The Labute approximate surface area is 182 Å². The van der Waals surface area contributed by atoms with Crippen LogP contribution in [0.4, 0.5) is 5.13 Å². The van der Waals surface area contributed by atoms with E-state index in [1.165, 1.54) is 23.1 Å². The molecular weight excluding hydrogens is 418 g/mol. The van der Waals surface area contributed by atoms with E-state index in [1.54, 1.807) is 0 Å². The standard InChI is InChI=1S/C21H23N5O2S2/c1-11(2)26-18(17-10-15-8-6-7-9-16(15)28-17)24-25-21(26)30-14(5)19(27)23-20-22-12(3)13(4)29-20/h6-11,14H,1-5H3,(H,22,23,27). The summed E-state index contributed by atoms with van der Waals surface area (Å²) in [5.74, 6) is 1.20. The molecule has 3 heterocycles. The summed E-state index contributed by atoms with van der Waals surface area (Å²) < 4.78 is 7.99. The number of benzene rings is 1. The number of amides is 1. The summed E-state index contributed by atoms with van der Waals surface area (Å²) in [5.41, 5.74) is 1.74. The van der Waals surface area contributed by atoms with Crippen LogP contribution in [0.25, 0.3) is 22.6 Å². The van der Waals surface area contributed by atoms with E-state index >= 15 is 0 Å². The number of para-hydroxylation sites is 1. The number of nitrogens with zero attached hydrogens (tertiary/aromatic N) is 4. The normalized spacial score (nSPS) is 12.6. The summed E-state index contributed by atoms with van der Waals surface area (Å²) in [4.78, 5) is 18.2. The third-order valence-corrected chi connectivity index (χ3v) is 6.78. The maximum atomic E-state index is 12.7. The number of carbonyl (C=O) groups is 1. The fraction of sp³-hybridized carbons (Fsp3) is 0.333. The lowest BCUT2D eigenvalue weighted by molar-refractivity contribution is -0.115. The molecule has 1 N–H and O–H groups in total. The molecule has 7 nitrogen and oxygen atoms in total. The van der Waals surface area contributed by atoms with Crippen molar-refractivity contribution < 1.29 is 9.21 Å². The average molecular weight is 442 g/mol. The molecule has 0 aliphatic carbocycles. The predicted octanol–water partition coefficient (Wildman–Crippen LogP) is 5.46. The molecule has 0 saturated carbocycles. The maximum absolute atomic E-state index is 12.7.